The summed E-state index contributed by atoms with van der Waals surface area (Å²) in [6.07, 6.45) is 1.88. The number of carbonyl (C=O) groups is 4. The van der Waals surface area contributed by atoms with E-state index < -0.39 is 35.2 Å². The van der Waals surface area contributed by atoms with Gasteiger partial charge in [0.1, 0.15) is 17.7 Å². The zero-order chi connectivity index (χ0) is 27.4. The van der Waals surface area contributed by atoms with Gasteiger partial charge < -0.3 is 20.1 Å². The minimum absolute atomic E-state index is 0.105. The van der Waals surface area contributed by atoms with Crippen LogP contribution in [0.1, 0.15) is 72.3 Å². The summed E-state index contributed by atoms with van der Waals surface area (Å²) in [7, 11) is 0. The van der Waals surface area contributed by atoms with Crippen LogP contribution >= 0.6 is 0 Å². The molecular weight excluding hydrogens is 474 g/mol. The SMILES string of the molecule is CC(C)C[C@H](NC(=O)C1(c2ccccc2)CCN(C(=O)[C@@H]2CCCN2C(=O)OC(C)(C)C)CC1)C(=O)O. The zero-order valence-electron chi connectivity index (χ0n) is 22.7. The summed E-state index contributed by atoms with van der Waals surface area (Å²) in [5.74, 6) is -1.40. The predicted octanol–water partition coefficient (Wildman–Crippen LogP) is 3.56. The molecule has 204 valence electrons. The van der Waals surface area contributed by atoms with E-state index in [0.717, 1.165) is 12.0 Å². The topological polar surface area (TPSA) is 116 Å². The van der Waals surface area contributed by atoms with Gasteiger partial charge in [-0.2, -0.15) is 0 Å². The van der Waals surface area contributed by atoms with E-state index in [1.54, 1.807) is 25.7 Å². The second-order valence-electron chi connectivity index (χ2n) is 11.6. The van der Waals surface area contributed by atoms with Crippen molar-refractivity contribution in [2.75, 3.05) is 19.6 Å². The van der Waals surface area contributed by atoms with Gasteiger partial charge in [-0.15, -0.1) is 0 Å². The number of hydrogen-bond donors (Lipinski definition) is 2. The molecule has 0 saturated carbocycles. The quantitative estimate of drug-likeness (QED) is 0.574. The van der Waals surface area contributed by atoms with Crippen LogP contribution in [0.3, 0.4) is 0 Å². The van der Waals surface area contributed by atoms with Crippen LogP contribution in [0, 0.1) is 5.92 Å². The van der Waals surface area contributed by atoms with Crippen molar-refractivity contribution in [2.24, 2.45) is 5.92 Å². The first-order chi connectivity index (χ1) is 17.3. The van der Waals surface area contributed by atoms with Crippen LogP contribution in [0.2, 0.25) is 0 Å². The van der Waals surface area contributed by atoms with E-state index in [9.17, 15) is 24.3 Å². The summed E-state index contributed by atoms with van der Waals surface area (Å²) < 4.78 is 5.51. The van der Waals surface area contributed by atoms with E-state index in [4.69, 9.17) is 4.74 Å². The molecule has 2 N–H and O–H groups in total. The highest BCUT2D eigenvalue weighted by atomic mass is 16.6. The standard InChI is InChI=1S/C28H41N3O6/c1-19(2)18-21(24(33)34)29-25(35)28(20-10-7-6-8-11-20)13-16-30(17-14-28)23(32)22-12-9-15-31(22)26(36)37-27(3,4)5/h6-8,10-11,19,21-22H,9,12-18H2,1-5H3,(H,29,35)(H,33,34)/t21-,22-/m0/s1. The van der Waals surface area contributed by atoms with Crippen molar-refractivity contribution in [1.29, 1.82) is 0 Å². The van der Waals surface area contributed by atoms with Crippen molar-refractivity contribution < 1.29 is 29.0 Å². The molecule has 0 bridgehead atoms. The van der Waals surface area contributed by atoms with Crippen LogP contribution in [0.15, 0.2) is 30.3 Å². The Bertz CT molecular complexity index is 979. The Morgan fingerprint density at radius 2 is 1.70 bits per heavy atom. The number of nitrogens with one attached hydrogen (secondary N) is 1. The molecule has 1 aromatic rings. The molecule has 2 saturated heterocycles. The number of rotatable bonds is 7. The van der Waals surface area contributed by atoms with Crippen LogP contribution in [0.4, 0.5) is 4.79 Å². The van der Waals surface area contributed by atoms with Gasteiger partial charge in [0.2, 0.25) is 11.8 Å². The lowest BCUT2D eigenvalue weighted by Crippen LogP contribution is -2.57. The maximum atomic E-state index is 13.7. The van der Waals surface area contributed by atoms with Crippen molar-refractivity contribution in [3.05, 3.63) is 35.9 Å². The van der Waals surface area contributed by atoms with Crippen LogP contribution in [-0.2, 0) is 24.5 Å². The summed E-state index contributed by atoms with van der Waals surface area (Å²) in [5.41, 5.74) is -0.780. The summed E-state index contributed by atoms with van der Waals surface area (Å²) in [5, 5.41) is 12.5. The Morgan fingerprint density at radius 3 is 2.24 bits per heavy atom. The van der Waals surface area contributed by atoms with Crippen LogP contribution < -0.4 is 5.32 Å². The number of carbonyl (C=O) groups excluding carboxylic acids is 3. The van der Waals surface area contributed by atoms with Gasteiger partial charge in [-0.1, -0.05) is 44.2 Å². The zero-order valence-corrected chi connectivity index (χ0v) is 22.7. The number of aliphatic carboxylic acids is 1. The van der Waals surface area contributed by atoms with Crippen molar-refractivity contribution >= 4 is 23.9 Å². The van der Waals surface area contributed by atoms with E-state index in [2.05, 4.69) is 5.32 Å². The number of amides is 3. The molecule has 2 heterocycles. The third-order valence-corrected chi connectivity index (χ3v) is 7.17. The molecule has 3 amide bonds. The van der Waals surface area contributed by atoms with E-state index in [-0.39, 0.29) is 17.7 Å². The number of nitrogens with zero attached hydrogens (tertiary/aromatic N) is 2. The highest BCUT2D eigenvalue weighted by Crippen LogP contribution is 2.37. The Morgan fingerprint density at radius 1 is 1.08 bits per heavy atom. The summed E-state index contributed by atoms with van der Waals surface area (Å²) in [6.45, 7) is 10.4. The van der Waals surface area contributed by atoms with Gasteiger partial charge in [0.25, 0.3) is 0 Å². The molecule has 1 aromatic carbocycles. The van der Waals surface area contributed by atoms with E-state index >= 15 is 0 Å². The Kier molecular flexibility index (Phi) is 8.87. The molecule has 0 unspecified atom stereocenters. The monoisotopic (exact) mass is 515 g/mol. The molecule has 0 spiro atoms. The number of piperidine rings is 1. The van der Waals surface area contributed by atoms with E-state index in [1.807, 2.05) is 44.2 Å². The molecule has 9 nitrogen and oxygen atoms in total. The lowest BCUT2D eigenvalue weighted by molar-refractivity contribution is -0.144. The van der Waals surface area contributed by atoms with Crippen molar-refractivity contribution in [1.82, 2.24) is 15.1 Å². The van der Waals surface area contributed by atoms with Gasteiger partial charge in [-0.25, -0.2) is 9.59 Å². The average molecular weight is 516 g/mol. The maximum Gasteiger partial charge on any atom is 0.410 e. The molecular formula is C28H41N3O6. The van der Waals surface area contributed by atoms with Gasteiger partial charge in [-0.3, -0.25) is 14.5 Å². The minimum Gasteiger partial charge on any atom is -0.480 e. The third kappa shape index (κ3) is 6.81. The summed E-state index contributed by atoms with van der Waals surface area (Å²) >= 11 is 0. The van der Waals surface area contributed by atoms with Crippen LogP contribution in [0.25, 0.3) is 0 Å². The fraction of sp³-hybridized carbons (Fsp3) is 0.643. The first-order valence-corrected chi connectivity index (χ1v) is 13.2. The third-order valence-electron chi connectivity index (χ3n) is 7.17. The van der Waals surface area contributed by atoms with Crippen molar-refractivity contribution in [3.8, 4) is 0 Å². The predicted molar refractivity (Wildman–Crippen MR) is 139 cm³/mol. The molecule has 2 fully saturated rings. The van der Waals surface area contributed by atoms with Gasteiger partial charge in [-0.05, 0) is 64.4 Å². The number of benzene rings is 1. The molecule has 0 aromatic heterocycles. The molecule has 2 aliphatic rings. The number of likely N-dealkylation sites (tertiary alicyclic amines) is 2. The molecule has 9 heteroatoms. The Balaban J connectivity index is 1.77. The lowest BCUT2D eigenvalue weighted by Gasteiger charge is -2.42. The Hall–Kier alpha value is -3.10. The fourth-order valence-corrected chi connectivity index (χ4v) is 5.28. The van der Waals surface area contributed by atoms with Gasteiger partial charge >= 0.3 is 12.1 Å². The smallest absolute Gasteiger partial charge is 0.410 e. The fourth-order valence-electron chi connectivity index (χ4n) is 5.28. The van der Waals surface area contributed by atoms with Gasteiger partial charge in [0.15, 0.2) is 0 Å². The minimum atomic E-state index is -1.05. The van der Waals surface area contributed by atoms with Crippen molar-refractivity contribution in [3.63, 3.8) is 0 Å². The Labute approximate surface area is 219 Å². The van der Waals surface area contributed by atoms with Crippen LogP contribution in [-0.4, -0.2) is 76.1 Å². The number of hydrogen-bond acceptors (Lipinski definition) is 5. The highest BCUT2D eigenvalue weighted by molar-refractivity contribution is 5.92. The summed E-state index contributed by atoms with van der Waals surface area (Å²) in [6, 6.07) is 7.82. The lowest BCUT2D eigenvalue weighted by atomic mass is 9.71. The van der Waals surface area contributed by atoms with Crippen molar-refractivity contribution in [2.45, 2.75) is 89.8 Å². The normalized spacial score (nSPS) is 20.4. The largest absolute Gasteiger partial charge is 0.480 e. The molecule has 2 aliphatic heterocycles. The summed E-state index contributed by atoms with van der Waals surface area (Å²) in [4.78, 5) is 55.0. The van der Waals surface area contributed by atoms with Gasteiger partial charge in [0, 0.05) is 19.6 Å². The second-order valence-corrected chi connectivity index (χ2v) is 11.6. The molecule has 0 aliphatic carbocycles. The average Bonchev–Trinajstić information content (AvgIpc) is 3.32. The first-order valence-electron chi connectivity index (χ1n) is 13.2. The molecule has 3 rings (SSSR count). The second kappa shape index (κ2) is 11.5. The number of ether oxygens (including phenoxy) is 1. The molecule has 0 radical (unpaired) electrons. The number of carboxylic acid groups (broad SMARTS) is 1. The first kappa shape index (κ1) is 28.5. The van der Waals surface area contributed by atoms with Crippen LogP contribution in [0.5, 0.6) is 0 Å². The van der Waals surface area contributed by atoms with E-state index in [0.29, 0.717) is 45.3 Å². The van der Waals surface area contributed by atoms with E-state index in [1.165, 1.54) is 4.90 Å². The highest BCUT2D eigenvalue weighted by Gasteiger charge is 2.47. The molecule has 2 atom stereocenters. The van der Waals surface area contributed by atoms with Gasteiger partial charge in [0.05, 0.1) is 5.41 Å². The molecule has 37 heavy (non-hydrogen) atoms. The number of carboxylic acids is 1. The maximum absolute atomic E-state index is 13.7.